The molecule has 0 aliphatic carbocycles. The van der Waals surface area contributed by atoms with Crippen LogP contribution in [0.1, 0.15) is 6.42 Å². The third kappa shape index (κ3) is 3.21. The lowest BCUT2D eigenvalue weighted by atomic mass is 10.2. The van der Waals surface area contributed by atoms with Crippen molar-refractivity contribution in [3.05, 3.63) is 48.5 Å². The first-order chi connectivity index (χ1) is 11.4. The fourth-order valence-electron chi connectivity index (χ4n) is 2.65. The first-order valence-electron chi connectivity index (χ1n) is 7.80. The van der Waals surface area contributed by atoms with Crippen LogP contribution in [0.2, 0.25) is 0 Å². The summed E-state index contributed by atoms with van der Waals surface area (Å²) in [5.41, 5.74) is 3.05. The lowest BCUT2D eigenvalue weighted by Gasteiger charge is -2.10. The molecule has 0 amide bonds. The van der Waals surface area contributed by atoms with Crippen LogP contribution in [0.3, 0.4) is 0 Å². The number of aromatic amines is 1. The number of imidazole rings is 1. The lowest BCUT2D eigenvalue weighted by molar-refractivity contribution is -0.0531. The molecule has 0 spiro atoms. The molecule has 0 saturated carbocycles. The van der Waals surface area contributed by atoms with Gasteiger partial charge in [0.2, 0.25) is 0 Å². The molecule has 1 aliphatic heterocycles. The van der Waals surface area contributed by atoms with E-state index in [1.54, 1.807) is 0 Å². The Bertz CT molecular complexity index is 743. The number of H-pyrrole nitrogens is 1. The quantitative estimate of drug-likeness (QED) is 0.785. The standard InChI is InChI=1S/C18H18N2O3/c1-2-4-16-15(3-1)19-18(20-16)13-5-7-14(8-6-13)21-10-9-17-22-11-12-23-17/h1-8,17H,9-12H2,(H,19,20). The van der Waals surface area contributed by atoms with Crippen LogP contribution in [-0.2, 0) is 9.47 Å². The van der Waals surface area contributed by atoms with Crippen molar-refractivity contribution in [1.29, 1.82) is 0 Å². The van der Waals surface area contributed by atoms with Crippen molar-refractivity contribution in [3.8, 4) is 17.1 Å². The van der Waals surface area contributed by atoms with Crippen LogP contribution in [0.4, 0.5) is 0 Å². The van der Waals surface area contributed by atoms with Gasteiger partial charge in [0.1, 0.15) is 11.6 Å². The normalized spacial score (nSPS) is 15.3. The summed E-state index contributed by atoms with van der Waals surface area (Å²) in [4.78, 5) is 7.92. The van der Waals surface area contributed by atoms with Gasteiger partial charge in [0.25, 0.3) is 0 Å². The van der Waals surface area contributed by atoms with E-state index in [2.05, 4.69) is 9.97 Å². The zero-order valence-corrected chi connectivity index (χ0v) is 12.7. The van der Waals surface area contributed by atoms with Crippen LogP contribution in [-0.4, -0.2) is 36.1 Å². The second-order valence-corrected chi connectivity index (χ2v) is 5.44. The topological polar surface area (TPSA) is 56.4 Å². The molecule has 1 saturated heterocycles. The molecule has 2 heterocycles. The van der Waals surface area contributed by atoms with E-state index in [0.29, 0.717) is 19.8 Å². The van der Waals surface area contributed by atoms with Crippen LogP contribution in [0.15, 0.2) is 48.5 Å². The zero-order chi connectivity index (χ0) is 15.5. The third-order valence-corrected chi connectivity index (χ3v) is 3.83. The molecule has 1 aromatic heterocycles. The molecule has 1 N–H and O–H groups in total. The summed E-state index contributed by atoms with van der Waals surface area (Å²) in [6.07, 6.45) is 0.621. The summed E-state index contributed by atoms with van der Waals surface area (Å²) in [7, 11) is 0. The molecule has 0 unspecified atom stereocenters. The highest BCUT2D eigenvalue weighted by molar-refractivity contribution is 5.79. The van der Waals surface area contributed by atoms with Gasteiger partial charge in [-0.1, -0.05) is 12.1 Å². The minimum Gasteiger partial charge on any atom is -0.493 e. The summed E-state index contributed by atoms with van der Waals surface area (Å²) >= 11 is 0. The molecule has 4 rings (SSSR count). The Morgan fingerprint density at radius 3 is 2.61 bits per heavy atom. The fraction of sp³-hybridized carbons (Fsp3) is 0.278. The number of ether oxygens (including phenoxy) is 3. The van der Waals surface area contributed by atoms with E-state index in [1.807, 2.05) is 48.5 Å². The average Bonchev–Trinajstić information content (AvgIpc) is 3.24. The van der Waals surface area contributed by atoms with E-state index in [1.165, 1.54) is 0 Å². The number of para-hydroxylation sites is 2. The van der Waals surface area contributed by atoms with Crippen molar-refractivity contribution >= 4 is 11.0 Å². The molecule has 5 nitrogen and oxygen atoms in total. The Hall–Kier alpha value is -2.37. The van der Waals surface area contributed by atoms with Crippen LogP contribution < -0.4 is 4.74 Å². The summed E-state index contributed by atoms with van der Waals surface area (Å²) in [5.74, 6) is 1.70. The van der Waals surface area contributed by atoms with Crippen molar-refractivity contribution in [2.45, 2.75) is 12.7 Å². The first kappa shape index (κ1) is 14.2. The van der Waals surface area contributed by atoms with Crippen molar-refractivity contribution in [1.82, 2.24) is 9.97 Å². The maximum absolute atomic E-state index is 5.73. The van der Waals surface area contributed by atoms with Gasteiger partial charge in [-0.25, -0.2) is 4.98 Å². The molecule has 23 heavy (non-hydrogen) atoms. The molecular formula is C18H18N2O3. The zero-order valence-electron chi connectivity index (χ0n) is 12.7. The van der Waals surface area contributed by atoms with Gasteiger partial charge in [0.05, 0.1) is 30.9 Å². The second kappa shape index (κ2) is 6.40. The van der Waals surface area contributed by atoms with Crippen molar-refractivity contribution in [3.63, 3.8) is 0 Å². The van der Waals surface area contributed by atoms with E-state index in [0.717, 1.165) is 34.6 Å². The summed E-state index contributed by atoms with van der Waals surface area (Å²) in [5, 5.41) is 0. The highest BCUT2D eigenvalue weighted by Crippen LogP contribution is 2.23. The predicted molar refractivity (Wildman–Crippen MR) is 87.3 cm³/mol. The second-order valence-electron chi connectivity index (χ2n) is 5.44. The molecule has 0 radical (unpaired) electrons. The minimum atomic E-state index is -0.121. The molecule has 0 bridgehead atoms. The SMILES string of the molecule is c1ccc2[nH]c(-c3ccc(OCCC4OCCO4)cc3)nc2c1. The highest BCUT2D eigenvalue weighted by atomic mass is 16.7. The molecule has 0 atom stereocenters. The van der Waals surface area contributed by atoms with Gasteiger partial charge in [0, 0.05) is 12.0 Å². The van der Waals surface area contributed by atoms with Gasteiger partial charge < -0.3 is 19.2 Å². The number of rotatable bonds is 5. The van der Waals surface area contributed by atoms with E-state index >= 15 is 0 Å². The number of nitrogens with zero attached hydrogens (tertiary/aromatic N) is 1. The summed E-state index contributed by atoms with van der Waals surface area (Å²) in [6, 6.07) is 15.9. The fourth-order valence-corrected chi connectivity index (χ4v) is 2.65. The number of aromatic nitrogens is 2. The maximum atomic E-state index is 5.73. The van der Waals surface area contributed by atoms with Crippen LogP contribution in [0.25, 0.3) is 22.4 Å². The average molecular weight is 310 g/mol. The van der Waals surface area contributed by atoms with Crippen LogP contribution >= 0.6 is 0 Å². The van der Waals surface area contributed by atoms with Crippen LogP contribution in [0, 0.1) is 0 Å². The molecule has 5 heteroatoms. The number of hydrogen-bond donors (Lipinski definition) is 1. The van der Waals surface area contributed by atoms with Gasteiger partial charge >= 0.3 is 0 Å². The Kier molecular flexibility index (Phi) is 3.96. The molecular weight excluding hydrogens is 292 g/mol. The van der Waals surface area contributed by atoms with Crippen molar-refractivity contribution in [2.75, 3.05) is 19.8 Å². The van der Waals surface area contributed by atoms with Gasteiger partial charge in [-0.3, -0.25) is 0 Å². The highest BCUT2D eigenvalue weighted by Gasteiger charge is 2.15. The molecule has 1 fully saturated rings. The van der Waals surface area contributed by atoms with E-state index in [-0.39, 0.29) is 6.29 Å². The van der Waals surface area contributed by atoms with Gasteiger partial charge in [0.15, 0.2) is 6.29 Å². The molecule has 1 aliphatic rings. The Morgan fingerprint density at radius 1 is 1.04 bits per heavy atom. The summed E-state index contributed by atoms with van der Waals surface area (Å²) in [6.45, 7) is 1.93. The maximum Gasteiger partial charge on any atom is 0.161 e. The first-order valence-corrected chi connectivity index (χ1v) is 7.80. The largest absolute Gasteiger partial charge is 0.493 e. The smallest absolute Gasteiger partial charge is 0.161 e. The molecule has 3 aromatic rings. The molecule has 2 aromatic carbocycles. The van der Waals surface area contributed by atoms with Gasteiger partial charge in [-0.05, 0) is 36.4 Å². The van der Waals surface area contributed by atoms with E-state index in [9.17, 15) is 0 Å². The summed E-state index contributed by atoms with van der Waals surface area (Å²) < 4.78 is 16.5. The van der Waals surface area contributed by atoms with Crippen LogP contribution in [0.5, 0.6) is 5.75 Å². The number of fused-ring (bicyclic) bond motifs is 1. The van der Waals surface area contributed by atoms with Crippen molar-refractivity contribution < 1.29 is 14.2 Å². The number of benzene rings is 2. The van der Waals surface area contributed by atoms with Gasteiger partial charge in [-0.2, -0.15) is 0 Å². The monoisotopic (exact) mass is 310 g/mol. The lowest BCUT2D eigenvalue weighted by Crippen LogP contribution is -2.12. The molecule has 118 valence electrons. The van der Waals surface area contributed by atoms with Crippen molar-refractivity contribution in [2.24, 2.45) is 0 Å². The van der Waals surface area contributed by atoms with Gasteiger partial charge in [-0.15, -0.1) is 0 Å². The van der Waals surface area contributed by atoms with E-state index in [4.69, 9.17) is 14.2 Å². The Balaban J connectivity index is 1.40. The Morgan fingerprint density at radius 2 is 1.83 bits per heavy atom. The third-order valence-electron chi connectivity index (χ3n) is 3.83. The number of hydrogen-bond acceptors (Lipinski definition) is 4. The Labute approximate surface area is 134 Å². The minimum absolute atomic E-state index is 0.121. The van der Waals surface area contributed by atoms with E-state index < -0.39 is 0 Å². The predicted octanol–water partition coefficient (Wildman–Crippen LogP) is 3.37. The number of nitrogens with one attached hydrogen (secondary N) is 1.